The first-order valence-electron chi connectivity index (χ1n) is 11.8. The quantitative estimate of drug-likeness (QED) is 0.468. The Bertz CT molecular complexity index is 1180. The number of aromatic nitrogens is 2. The number of hydrogen-bond acceptors (Lipinski definition) is 3. The molecule has 0 saturated carbocycles. The van der Waals surface area contributed by atoms with Crippen LogP contribution in [0.15, 0.2) is 53.3 Å². The molecule has 33 heavy (non-hydrogen) atoms. The second-order valence-corrected chi connectivity index (χ2v) is 9.72. The molecule has 1 heterocycles. The smallest absolute Gasteiger partial charge is 0.318 e. The van der Waals surface area contributed by atoms with Crippen molar-refractivity contribution in [1.29, 1.82) is 0 Å². The van der Waals surface area contributed by atoms with Crippen LogP contribution in [-0.2, 0) is 0 Å². The highest BCUT2D eigenvalue weighted by molar-refractivity contribution is 5.78. The van der Waals surface area contributed by atoms with Gasteiger partial charge in [-0.15, -0.1) is 0 Å². The van der Waals surface area contributed by atoms with Gasteiger partial charge in [0.1, 0.15) is 5.82 Å². The van der Waals surface area contributed by atoms with Crippen LogP contribution in [0.2, 0.25) is 0 Å². The number of carbonyl (C=O) groups is 1. The lowest BCUT2D eigenvalue weighted by Crippen LogP contribution is -2.50. The maximum atomic E-state index is 13.7. The molecule has 6 nitrogen and oxygen atoms in total. The van der Waals surface area contributed by atoms with Crippen LogP contribution in [0.3, 0.4) is 0 Å². The molecule has 176 valence electrons. The number of aryl methyl sites for hydroxylation is 1. The topological polar surface area (TPSA) is 67.2 Å². The van der Waals surface area contributed by atoms with Crippen molar-refractivity contribution in [3.8, 4) is 5.69 Å². The molecule has 0 spiro atoms. The number of urea groups is 1. The largest absolute Gasteiger partial charge is 0.333 e. The highest BCUT2D eigenvalue weighted by atomic mass is 16.2. The third-order valence-corrected chi connectivity index (χ3v) is 5.65. The van der Waals surface area contributed by atoms with E-state index in [1.54, 1.807) is 10.6 Å². The molecule has 2 aromatic carbocycles. The van der Waals surface area contributed by atoms with Crippen molar-refractivity contribution >= 4 is 16.9 Å². The maximum Gasteiger partial charge on any atom is 0.318 e. The average Bonchev–Trinajstić information content (AvgIpc) is 2.75. The van der Waals surface area contributed by atoms with Crippen LogP contribution < -0.4 is 10.9 Å². The number of amides is 2. The maximum absolute atomic E-state index is 13.7. The zero-order valence-corrected chi connectivity index (χ0v) is 20.7. The average molecular weight is 449 g/mol. The molecule has 0 saturated heterocycles. The number of hydrogen-bond donors (Lipinski definition) is 1. The summed E-state index contributed by atoms with van der Waals surface area (Å²) in [7, 11) is 0. The zero-order valence-electron chi connectivity index (χ0n) is 20.7. The summed E-state index contributed by atoms with van der Waals surface area (Å²) < 4.78 is 1.66. The molecule has 1 unspecified atom stereocenters. The van der Waals surface area contributed by atoms with Gasteiger partial charge in [-0.2, -0.15) is 0 Å². The van der Waals surface area contributed by atoms with E-state index < -0.39 is 6.04 Å². The Hall–Kier alpha value is -3.15. The van der Waals surface area contributed by atoms with Crippen molar-refractivity contribution in [2.75, 3.05) is 6.54 Å². The van der Waals surface area contributed by atoms with E-state index >= 15 is 0 Å². The van der Waals surface area contributed by atoms with E-state index in [1.165, 1.54) is 0 Å². The molecular formula is C27H36N4O2. The standard InChI is InChI=1S/C27H36N4O2/c1-7-8-11-17-30(26(33)29-27(4,5)6)20(3)24-28-23-16-10-9-15-22(23)25(32)31(24)21-14-12-13-19(2)18-21/h9-10,12-16,18,20H,7-8,11,17H2,1-6H3,(H,29,33). The molecule has 0 aliphatic heterocycles. The predicted octanol–water partition coefficient (Wildman–Crippen LogP) is 5.76. The molecule has 3 aromatic rings. The number of unbranched alkanes of at least 4 members (excludes halogenated alkanes) is 2. The number of rotatable bonds is 7. The van der Waals surface area contributed by atoms with Gasteiger partial charge in [-0.1, -0.05) is 44.0 Å². The van der Waals surface area contributed by atoms with Gasteiger partial charge in [-0.05, 0) is 70.9 Å². The van der Waals surface area contributed by atoms with Gasteiger partial charge in [0.2, 0.25) is 0 Å². The third-order valence-electron chi connectivity index (χ3n) is 5.65. The second-order valence-electron chi connectivity index (χ2n) is 9.72. The van der Waals surface area contributed by atoms with Crippen molar-refractivity contribution < 1.29 is 4.79 Å². The monoisotopic (exact) mass is 448 g/mol. The molecule has 0 aliphatic carbocycles. The normalized spacial score (nSPS) is 12.5. The van der Waals surface area contributed by atoms with Gasteiger partial charge < -0.3 is 10.2 Å². The third kappa shape index (κ3) is 5.81. The number of carbonyl (C=O) groups excluding carboxylic acids is 1. The summed E-state index contributed by atoms with van der Waals surface area (Å²) in [5.74, 6) is 0.560. The first-order chi connectivity index (χ1) is 15.6. The molecule has 1 N–H and O–H groups in total. The van der Waals surface area contributed by atoms with Crippen LogP contribution in [-0.4, -0.2) is 32.6 Å². The van der Waals surface area contributed by atoms with E-state index in [9.17, 15) is 9.59 Å². The van der Waals surface area contributed by atoms with Gasteiger partial charge >= 0.3 is 6.03 Å². The zero-order chi connectivity index (χ0) is 24.2. The lowest BCUT2D eigenvalue weighted by molar-refractivity contribution is 0.166. The Morgan fingerprint density at radius 1 is 1.12 bits per heavy atom. The summed E-state index contributed by atoms with van der Waals surface area (Å²) in [5.41, 5.74) is 1.95. The minimum absolute atomic E-state index is 0.127. The van der Waals surface area contributed by atoms with Gasteiger partial charge in [0.15, 0.2) is 0 Å². The van der Waals surface area contributed by atoms with Crippen molar-refractivity contribution in [2.24, 2.45) is 0 Å². The summed E-state index contributed by atoms with van der Waals surface area (Å²) in [6.07, 6.45) is 2.98. The molecule has 1 atom stereocenters. The molecule has 0 aliphatic rings. The SMILES string of the molecule is CCCCCN(C(=O)NC(C)(C)C)C(C)c1nc2ccccc2c(=O)n1-c1cccc(C)c1. The second kappa shape index (κ2) is 10.2. The number of nitrogens with one attached hydrogen (secondary N) is 1. The molecule has 1 aromatic heterocycles. The molecule has 0 fully saturated rings. The number of nitrogens with zero attached hydrogens (tertiary/aromatic N) is 3. The van der Waals surface area contributed by atoms with Crippen LogP contribution in [0.25, 0.3) is 16.6 Å². The summed E-state index contributed by atoms with van der Waals surface area (Å²) in [6.45, 7) is 12.6. The first kappa shape index (κ1) is 24.5. The van der Waals surface area contributed by atoms with Gasteiger partial charge in [0, 0.05) is 12.1 Å². The van der Waals surface area contributed by atoms with E-state index in [4.69, 9.17) is 4.98 Å². The van der Waals surface area contributed by atoms with Gasteiger partial charge in [0.25, 0.3) is 5.56 Å². The molecule has 3 rings (SSSR count). The minimum Gasteiger partial charge on any atom is -0.333 e. The predicted molar refractivity (Wildman–Crippen MR) is 135 cm³/mol. The fourth-order valence-corrected chi connectivity index (χ4v) is 3.98. The number of para-hydroxylation sites is 1. The van der Waals surface area contributed by atoms with E-state index in [0.29, 0.717) is 23.3 Å². The molecule has 6 heteroatoms. The van der Waals surface area contributed by atoms with E-state index in [1.807, 2.05) is 82.0 Å². The lowest BCUT2D eigenvalue weighted by atomic mass is 10.1. The summed E-state index contributed by atoms with van der Waals surface area (Å²) in [6, 6.07) is 14.7. The van der Waals surface area contributed by atoms with Crippen LogP contribution in [0.5, 0.6) is 0 Å². The Morgan fingerprint density at radius 3 is 2.52 bits per heavy atom. The Balaban J connectivity index is 2.18. The van der Waals surface area contributed by atoms with Crippen LogP contribution in [0, 0.1) is 6.92 Å². The van der Waals surface area contributed by atoms with Gasteiger partial charge in [-0.25, -0.2) is 9.78 Å². The number of benzene rings is 2. The lowest BCUT2D eigenvalue weighted by Gasteiger charge is -2.33. The summed E-state index contributed by atoms with van der Waals surface area (Å²) in [5, 5.41) is 3.65. The summed E-state index contributed by atoms with van der Waals surface area (Å²) in [4.78, 5) is 33.7. The van der Waals surface area contributed by atoms with E-state index in [0.717, 1.165) is 30.5 Å². The van der Waals surface area contributed by atoms with Gasteiger partial charge in [-0.3, -0.25) is 9.36 Å². The first-order valence-corrected chi connectivity index (χ1v) is 11.8. The van der Waals surface area contributed by atoms with Crippen molar-refractivity contribution in [2.45, 2.75) is 72.4 Å². The molecule has 0 bridgehead atoms. The van der Waals surface area contributed by atoms with E-state index in [-0.39, 0.29) is 17.1 Å². The van der Waals surface area contributed by atoms with Gasteiger partial charge in [0.05, 0.1) is 22.6 Å². The Kier molecular flexibility index (Phi) is 7.57. The highest BCUT2D eigenvalue weighted by Crippen LogP contribution is 2.24. The number of fused-ring (bicyclic) bond motifs is 1. The van der Waals surface area contributed by atoms with Crippen LogP contribution in [0.1, 0.15) is 71.3 Å². The fraction of sp³-hybridized carbons (Fsp3) is 0.444. The van der Waals surface area contributed by atoms with E-state index in [2.05, 4.69) is 12.2 Å². The Morgan fingerprint density at radius 2 is 1.85 bits per heavy atom. The van der Waals surface area contributed by atoms with Crippen LogP contribution >= 0.6 is 0 Å². The fourth-order valence-electron chi connectivity index (χ4n) is 3.98. The summed E-state index contributed by atoms with van der Waals surface area (Å²) >= 11 is 0. The minimum atomic E-state index is -0.401. The highest BCUT2D eigenvalue weighted by Gasteiger charge is 2.28. The molecular weight excluding hydrogens is 412 g/mol. The molecule has 2 amide bonds. The van der Waals surface area contributed by atoms with Crippen molar-refractivity contribution in [1.82, 2.24) is 19.8 Å². The Labute approximate surface area is 196 Å². The van der Waals surface area contributed by atoms with Crippen molar-refractivity contribution in [3.05, 3.63) is 70.3 Å². The molecule has 0 radical (unpaired) electrons. The van der Waals surface area contributed by atoms with Crippen molar-refractivity contribution in [3.63, 3.8) is 0 Å². The van der Waals surface area contributed by atoms with Crippen LogP contribution in [0.4, 0.5) is 4.79 Å².